The van der Waals surface area contributed by atoms with Crippen LogP contribution in [0.4, 0.5) is 0 Å². The maximum absolute atomic E-state index is 5.24. The number of methoxy groups -OCH3 is 1. The van der Waals surface area contributed by atoms with Crippen molar-refractivity contribution in [3.05, 3.63) is 42.2 Å². The van der Waals surface area contributed by atoms with E-state index in [0.717, 1.165) is 17.8 Å². The first-order valence-corrected chi connectivity index (χ1v) is 5.44. The highest BCUT2D eigenvalue weighted by molar-refractivity contribution is 5.67. The Bertz CT molecular complexity index is 500. The van der Waals surface area contributed by atoms with Crippen LogP contribution in [0.15, 0.2) is 36.7 Å². The predicted molar refractivity (Wildman–Crippen MR) is 66.8 cm³/mol. The van der Waals surface area contributed by atoms with E-state index in [1.54, 1.807) is 19.5 Å². The van der Waals surface area contributed by atoms with Crippen LogP contribution in [0.1, 0.15) is 5.56 Å². The van der Waals surface area contributed by atoms with Gasteiger partial charge in [-0.05, 0) is 12.6 Å². The Morgan fingerprint density at radius 1 is 1.18 bits per heavy atom. The molecule has 1 aromatic heterocycles. The van der Waals surface area contributed by atoms with Crippen molar-refractivity contribution in [3.63, 3.8) is 0 Å². The lowest BCUT2D eigenvalue weighted by molar-refractivity contribution is 0.397. The minimum absolute atomic E-state index is 0.552. The summed E-state index contributed by atoms with van der Waals surface area (Å²) in [4.78, 5) is 8.52. The van der Waals surface area contributed by atoms with E-state index < -0.39 is 0 Å². The molecule has 0 atom stereocenters. The summed E-state index contributed by atoms with van der Waals surface area (Å²) >= 11 is 0. The molecule has 2 aromatic rings. The Hall–Kier alpha value is -1.94. The lowest BCUT2D eigenvalue weighted by Gasteiger charge is -2.10. The second-order valence-electron chi connectivity index (χ2n) is 3.60. The van der Waals surface area contributed by atoms with Crippen molar-refractivity contribution in [1.29, 1.82) is 0 Å². The number of aromatic nitrogens is 2. The van der Waals surface area contributed by atoms with Gasteiger partial charge in [0.15, 0.2) is 0 Å². The quantitative estimate of drug-likeness (QED) is 0.869. The molecule has 0 saturated carbocycles. The highest BCUT2D eigenvalue weighted by Gasteiger charge is 2.11. The summed E-state index contributed by atoms with van der Waals surface area (Å²) in [6.45, 7) is 0.788. The second kappa shape index (κ2) is 5.41. The molecule has 0 bridgehead atoms. The molecule has 17 heavy (non-hydrogen) atoms. The Balaban J connectivity index is 2.52. The lowest BCUT2D eigenvalue weighted by atomic mass is 10.0. The average molecular weight is 229 g/mol. The van der Waals surface area contributed by atoms with Crippen LogP contribution in [0.25, 0.3) is 11.3 Å². The molecule has 0 fully saturated rings. The van der Waals surface area contributed by atoms with E-state index in [9.17, 15) is 0 Å². The normalized spacial score (nSPS) is 10.2. The number of benzene rings is 1. The van der Waals surface area contributed by atoms with E-state index in [-0.39, 0.29) is 0 Å². The molecule has 1 heterocycles. The summed E-state index contributed by atoms with van der Waals surface area (Å²) in [5.74, 6) is 0.552. The summed E-state index contributed by atoms with van der Waals surface area (Å²) in [6, 6.07) is 8.10. The van der Waals surface area contributed by atoms with E-state index in [1.807, 2.05) is 25.2 Å². The van der Waals surface area contributed by atoms with Gasteiger partial charge in [0.1, 0.15) is 5.69 Å². The first-order chi connectivity index (χ1) is 8.36. The number of hydrogen-bond acceptors (Lipinski definition) is 4. The number of rotatable bonds is 4. The van der Waals surface area contributed by atoms with E-state index >= 15 is 0 Å². The third-order valence-electron chi connectivity index (χ3n) is 2.50. The third-order valence-corrected chi connectivity index (χ3v) is 2.50. The van der Waals surface area contributed by atoms with Crippen molar-refractivity contribution in [3.8, 4) is 17.1 Å². The maximum Gasteiger partial charge on any atom is 0.240 e. The number of hydrogen-bond donors (Lipinski definition) is 1. The third kappa shape index (κ3) is 2.42. The number of ether oxygens (including phenoxy) is 1. The van der Waals surface area contributed by atoms with Crippen LogP contribution in [-0.4, -0.2) is 24.1 Å². The summed E-state index contributed by atoms with van der Waals surface area (Å²) in [5, 5.41) is 3.14. The van der Waals surface area contributed by atoms with Gasteiger partial charge in [0.05, 0.1) is 7.11 Å². The molecule has 0 saturated heterocycles. The van der Waals surface area contributed by atoms with Gasteiger partial charge >= 0.3 is 0 Å². The van der Waals surface area contributed by atoms with Crippen LogP contribution < -0.4 is 10.1 Å². The number of nitrogens with one attached hydrogen (secondary N) is 1. The van der Waals surface area contributed by atoms with Crippen LogP contribution in [0.3, 0.4) is 0 Å². The van der Waals surface area contributed by atoms with Crippen molar-refractivity contribution < 1.29 is 4.74 Å². The molecule has 88 valence electrons. The van der Waals surface area contributed by atoms with Crippen LogP contribution >= 0.6 is 0 Å². The van der Waals surface area contributed by atoms with Gasteiger partial charge in [-0.1, -0.05) is 24.3 Å². The van der Waals surface area contributed by atoms with Crippen LogP contribution in [0.5, 0.6) is 5.88 Å². The molecule has 0 aliphatic rings. The summed E-state index contributed by atoms with van der Waals surface area (Å²) < 4.78 is 5.24. The van der Waals surface area contributed by atoms with E-state index in [0.29, 0.717) is 5.88 Å². The van der Waals surface area contributed by atoms with Gasteiger partial charge in [-0.3, -0.25) is 0 Å². The highest BCUT2D eigenvalue weighted by atomic mass is 16.5. The zero-order valence-corrected chi connectivity index (χ0v) is 9.97. The fourth-order valence-corrected chi connectivity index (χ4v) is 1.76. The van der Waals surface area contributed by atoms with Crippen LogP contribution in [-0.2, 0) is 6.54 Å². The monoisotopic (exact) mass is 229 g/mol. The molecular weight excluding hydrogens is 214 g/mol. The molecule has 0 radical (unpaired) electrons. The Kier molecular flexibility index (Phi) is 3.67. The molecule has 1 aromatic carbocycles. The minimum atomic E-state index is 0.552. The molecule has 0 amide bonds. The first kappa shape index (κ1) is 11.5. The second-order valence-corrected chi connectivity index (χ2v) is 3.60. The SMILES string of the molecule is CNCc1ccccc1-c1nccnc1OC. The van der Waals surface area contributed by atoms with E-state index in [4.69, 9.17) is 4.74 Å². The van der Waals surface area contributed by atoms with Crippen molar-refractivity contribution >= 4 is 0 Å². The van der Waals surface area contributed by atoms with E-state index in [1.165, 1.54) is 5.56 Å². The molecule has 4 nitrogen and oxygen atoms in total. The largest absolute Gasteiger partial charge is 0.479 e. The van der Waals surface area contributed by atoms with Gasteiger partial charge in [-0.15, -0.1) is 0 Å². The standard InChI is InChI=1S/C13H15N3O/c1-14-9-10-5-3-4-6-11(10)12-13(17-2)16-8-7-15-12/h3-8,14H,9H2,1-2H3. The van der Waals surface area contributed by atoms with Gasteiger partial charge in [0, 0.05) is 24.5 Å². The minimum Gasteiger partial charge on any atom is -0.479 e. The smallest absolute Gasteiger partial charge is 0.240 e. The zero-order chi connectivity index (χ0) is 12.1. The van der Waals surface area contributed by atoms with Crippen LogP contribution in [0, 0.1) is 0 Å². The molecule has 4 heteroatoms. The molecule has 0 aliphatic carbocycles. The lowest BCUT2D eigenvalue weighted by Crippen LogP contribution is -2.07. The Morgan fingerprint density at radius 2 is 1.94 bits per heavy atom. The zero-order valence-electron chi connectivity index (χ0n) is 9.97. The number of nitrogens with zero attached hydrogens (tertiary/aromatic N) is 2. The van der Waals surface area contributed by atoms with Crippen molar-refractivity contribution in [2.75, 3.05) is 14.2 Å². The fourth-order valence-electron chi connectivity index (χ4n) is 1.76. The topological polar surface area (TPSA) is 47.0 Å². The van der Waals surface area contributed by atoms with E-state index in [2.05, 4.69) is 21.4 Å². The Labute approximate surface area is 101 Å². The molecule has 0 unspecified atom stereocenters. The molecule has 1 N–H and O–H groups in total. The van der Waals surface area contributed by atoms with Gasteiger partial charge in [-0.25, -0.2) is 9.97 Å². The maximum atomic E-state index is 5.24. The van der Waals surface area contributed by atoms with Gasteiger partial charge in [0.25, 0.3) is 0 Å². The summed E-state index contributed by atoms with van der Waals surface area (Å²) in [6.07, 6.45) is 3.30. The summed E-state index contributed by atoms with van der Waals surface area (Å²) in [7, 11) is 3.53. The average Bonchev–Trinajstić information content (AvgIpc) is 2.40. The molecular formula is C13H15N3O. The highest BCUT2D eigenvalue weighted by Crippen LogP contribution is 2.27. The molecule has 0 aliphatic heterocycles. The fraction of sp³-hybridized carbons (Fsp3) is 0.231. The van der Waals surface area contributed by atoms with Gasteiger partial charge < -0.3 is 10.1 Å². The van der Waals surface area contributed by atoms with Crippen molar-refractivity contribution in [1.82, 2.24) is 15.3 Å². The molecule has 0 spiro atoms. The van der Waals surface area contributed by atoms with Gasteiger partial charge in [0.2, 0.25) is 5.88 Å². The van der Waals surface area contributed by atoms with Crippen molar-refractivity contribution in [2.24, 2.45) is 0 Å². The summed E-state index contributed by atoms with van der Waals surface area (Å²) in [5.41, 5.74) is 3.00. The first-order valence-electron chi connectivity index (χ1n) is 5.44. The van der Waals surface area contributed by atoms with Crippen LogP contribution in [0.2, 0.25) is 0 Å². The predicted octanol–water partition coefficient (Wildman–Crippen LogP) is 1.87. The molecule has 2 rings (SSSR count). The van der Waals surface area contributed by atoms with Crippen molar-refractivity contribution in [2.45, 2.75) is 6.54 Å². The van der Waals surface area contributed by atoms with Gasteiger partial charge in [-0.2, -0.15) is 0 Å². The Morgan fingerprint density at radius 3 is 2.71 bits per heavy atom.